The van der Waals surface area contributed by atoms with Crippen LogP contribution in [-0.4, -0.2) is 19.9 Å². The van der Waals surface area contributed by atoms with Gasteiger partial charge in [0.2, 0.25) is 0 Å². The van der Waals surface area contributed by atoms with E-state index in [4.69, 9.17) is 0 Å². The monoisotopic (exact) mass is 431 g/mol. The third kappa shape index (κ3) is 4.77. The van der Waals surface area contributed by atoms with Crippen molar-refractivity contribution in [1.29, 1.82) is 0 Å². The van der Waals surface area contributed by atoms with Crippen LogP contribution in [0.4, 0.5) is 0 Å². The number of aromatic nitrogens is 4. The molecule has 30 heavy (non-hydrogen) atoms. The van der Waals surface area contributed by atoms with Gasteiger partial charge in [0, 0.05) is 39.1 Å². The summed E-state index contributed by atoms with van der Waals surface area (Å²) in [6.45, 7) is 0. The van der Waals surface area contributed by atoms with E-state index in [2.05, 4.69) is 62.4 Å². The molecule has 0 amide bonds. The van der Waals surface area contributed by atoms with Crippen LogP contribution in [0.3, 0.4) is 0 Å². The minimum Gasteiger partial charge on any atom is -0.355 e. The van der Waals surface area contributed by atoms with Crippen LogP contribution in [0.2, 0.25) is 0 Å². The molecule has 6 rings (SSSR count). The van der Waals surface area contributed by atoms with E-state index in [1.54, 1.807) is 0 Å². The Morgan fingerprint density at radius 2 is 1.10 bits per heavy atom. The molecule has 0 fully saturated rings. The fraction of sp³-hybridized carbons (Fsp3) is 0.0400. The Labute approximate surface area is 185 Å². The first kappa shape index (κ1) is 19.9. The first-order chi connectivity index (χ1) is 14.3. The minimum absolute atomic E-state index is 0. The maximum atomic E-state index is 4.62. The van der Waals surface area contributed by atoms with Gasteiger partial charge in [0.05, 0.1) is 22.8 Å². The molecule has 4 nitrogen and oxygen atoms in total. The number of hydrogen-bond donors (Lipinski definition) is 2. The Bertz CT molecular complexity index is 1240. The summed E-state index contributed by atoms with van der Waals surface area (Å²) in [6, 6.07) is 16.4. The molecule has 0 saturated carbocycles. The molecule has 1 aliphatic carbocycles. The first-order valence-corrected chi connectivity index (χ1v) is 9.56. The van der Waals surface area contributed by atoms with Gasteiger partial charge >= 0.3 is 0 Å². The Balaban J connectivity index is 0.000000321. The molecule has 0 unspecified atom stereocenters. The normalized spacial score (nSPS) is 13.1. The van der Waals surface area contributed by atoms with E-state index in [0.29, 0.717) is 0 Å². The van der Waals surface area contributed by atoms with Crippen molar-refractivity contribution in [3.63, 3.8) is 0 Å². The van der Waals surface area contributed by atoms with Gasteiger partial charge < -0.3 is 9.97 Å². The fourth-order valence-corrected chi connectivity index (χ4v) is 3.28. The fourth-order valence-electron chi connectivity index (χ4n) is 3.28. The predicted octanol–water partition coefficient (Wildman–Crippen LogP) is 5.96. The molecule has 5 heterocycles. The van der Waals surface area contributed by atoms with Crippen LogP contribution < -0.4 is 0 Å². The standard InChI is InChI=1S/C20H14N4.C5H5.Fe/c1-2-14-10-16-5-6-18(23-16)12-20-8-7-19(24-20)11-17-4-3-15(22-17)9-13(1)21-14;1-2-4-5-3-1;/h1-12,21-22H;1-3H,4H2;/q;-1;. The van der Waals surface area contributed by atoms with Crippen molar-refractivity contribution in [3.8, 4) is 0 Å². The average Bonchev–Trinajstić information content (AvgIpc) is 3.50. The molecule has 3 aromatic rings. The summed E-state index contributed by atoms with van der Waals surface area (Å²) >= 11 is 0. The number of fused-ring (bicyclic) bond motifs is 8. The molecule has 8 bridgehead atoms. The molecule has 0 saturated heterocycles. The van der Waals surface area contributed by atoms with E-state index in [0.717, 1.165) is 51.3 Å². The van der Waals surface area contributed by atoms with Crippen molar-refractivity contribution >= 4 is 46.4 Å². The van der Waals surface area contributed by atoms with Gasteiger partial charge in [-0.2, -0.15) is 6.08 Å². The van der Waals surface area contributed by atoms with Crippen LogP contribution in [0.25, 0.3) is 46.4 Å². The van der Waals surface area contributed by atoms with Crippen LogP contribution in [0.5, 0.6) is 0 Å². The van der Waals surface area contributed by atoms with Gasteiger partial charge in [-0.05, 0) is 72.8 Å². The predicted molar refractivity (Wildman–Crippen MR) is 120 cm³/mol. The maximum absolute atomic E-state index is 4.62. The molecule has 5 heteroatoms. The molecule has 0 spiro atoms. The largest absolute Gasteiger partial charge is 0.355 e. The minimum atomic E-state index is 0. The molecule has 2 N–H and O–H groups in total. The quantitative estimate of drug-likeness (QED) is 0.235. The van der Waals surface area contributed by atoms with E-state index >= 15 is 0 Å². The molecular formula is C25H19FeN4-. The number of rotatable bonds is 0. The third-order valence-corrected chi connectivity index (χ3v) is 4.63. The van der Waals surface area contributed by atoms with Crippen molar-refractivity contribution in [2.75, 3.05) is 0 Å². The summed E-state index contributed by atoms with van der Waals surface area (Å²) in [4.78, 5) is 16.0. The topological polar surface area (TPSA) is 57.4 Å². The second-order valence-electron chi connectivity index (χ2n) is 6.91. The van der Waals surface area contributed by atoms with E-state index < -0.39 is 0 Å². The molecule has 2 aliphatic heterocycles. The number of nitrogens with zero attached hydrogens (tertiary/aromatic N) is 2. The van der Waals surface area contributed by atoms with Crippen LogP contribution in [0.15, 0.2) is 66.8 Å². The molecule has 0 radical (unpaired) electrons. The molecule has 0 aromatic carbocycles. The van der Waals surface area contributed by atoms with Crippen molar-refractivity contribution < 1.29 is 17.1 Å². The summed E-state index contributed by atoms with van der Waals surface area (Å²) in [5.41, 5.74) is 7.86. The Morgan fingerprint density at radius 3 is 1.50 bits per heavy atom. The maximum Gasteiger partial charge on any atom is 0.0659 e. The second-order valence-corrected chi connectivity index (χ2v) is 6.91. The van der Waals surface area contributed by atoms with E-state index in [9.17, 15) is 0 Å². The molecular weight excluding hydrogens is 412 g/mol. The second kappa shape index (κ2) is 8.95. The number of H-pyrrole nitrogens is 2. The summed E-state index contributed by atoms with van der Waals surface area (Å²) in [5, 5.41) is 0. The van der Waals surface area contributed by atoms with Crippen LogP contribution in [-0.2, 0) is 17.1 Å². The summed E-state index contributed by atoms with van der Waals surface area (Å²) in [6.07, 6.45) is 18.0. The SMILES string of the molecule is C1=Cc2cc3ccc(cc4ccc(cc5nc(cc1n2)C=C5)[nH]4)[nH]3.[C-]1=CC=CC1.[Fe]. The number of aromatic amines is 2. The van der Waals surface area contributed by atoms with Gasteiger partial charge in [-0.15, -0.1) is 6.42 Å². The zero-order valence-corrected chi connectivity index (χ0v) is 17.2. The van der Waals surface area contributed by atoms with Gasteiger partial charge in [-0.25, -0.2) is 22.1 Å². The van der Waals surface area contributed by atoms with Crippen LogP contribution in [0, 0.1) is 6.08 Å². The smallest absolute Gasteiger partial charge is 0.0659 e. The van der Waals surface area contributed by atoms with Gasteiger partial charge in [0.25, 0.3) is 0 Å². The van der Waals surface area contributed by atoms with Gasteiger partial charge in [0.15, 0.2) is 0 Å². The van der Waals surface area contributed by atoms with E-state index in [1.165, 1.54) is 0 Å². The summed E-state index contributed by atoms with van der Waals surface area (Å²) < 4.78 is 0. The van der Waals surface area contributed by atoms with Gasteiger partial charge in [-0.1, -0.05) is 0 Å². The van der Waals surface area contributed by atoms with Crippen molar-refractivity contribution in [1.82, 2.24) is 19.9 Å². The van der Waals surface area contributed by atoms with Gasteiger partial charge in [-0.3, -0.25) is 6.08 Å². The zero-order chi connectivity index (χ0) is 19.5. The Hall–Kier alpha value is -3.40. The number of nitrogens with one attached hydrogen (secondary N) is 2. The molecule has 3 aromatic heterocycles. The first-order valence-electron chi connectivity index (χ1n) is 9.56. The third-order valence-electron chi connectivity index (χ3n) is 4.63. The van der Waals surface area contributed by atoms with Crippen molar-refractivity contribution in [3.05, 3.63) is 95.6 Å². The molecule has 3 aliphatic rings. The van der Waals surface area contributed by atoms with Crippen molar-refractivity contribution in [2.45, 2.75) is 6.42 Å². The summed E-state index contributed by atoms with van der Waals surface area (Å²) in [7, 11) is 0. The molecule has 0 atom stereocenters. The van der Waals surface area contributed by atoms with Crippen molar-refractivity contribution in [2.24, 2.45) is 0 Å². The van der Waals surface area contributed by atoms with Gasteiger partial charge in [0.1, 0.15) is 0 Å². The Kier molecular flexibility index (Phi) is 5.94. The van der Waals surface area contributed by atoms with Crippen LogP contribution >= 0.6 is 0 Å². The molecule has 148 valence electrons. The van der Waals surface area contributed by atoms with E-state index in [-0.39, 0.29) is 17.1 Å². The van der Waals surface area contributed by atoms with Crippen LogP contribution in [0.1, 0.15) is 29.2 Å². The number of allylic oxidation sites excluding steroid dienone is 4. The zero-order valence-electron chi connectivity index (χ0n) is 16.1. The summed E-state index contributed by atoms with van der Waals surface area (Å²) in [5.74, 6) is 0. The number of hydrogen-bond acceptors (Lipinski definition) is 2. The van der Waals surface area contributed by atoms with E-state index in [1.807, 2.05) is 54.7 Å². The Morgan fingerprint density at radius 1 is 0.633 bits per heavy atom. The average molecular weight is 431 g/mol.